The highest BCUT2D eigenvalue weighted by Gasteiger charge is 2.74. The average molecular weight is 576 g/mol. The maximum Gasteiger partial charge on any atom is 0.251 e. The molecule has 3 saturated heterocycles. The van der Waals surface area contributed by atoms with Crippen LogP contribution in [0.5, 0.6) is 0 Å². The maximum absolute atomic E-state index is 14.9. The monoisotopic (exact) mass is 575 g/mol. The summed E-state index contributed by atoms with van der Waals surface area (Å²) in [5.74, 6) is -1.57. The van der Waals surface area contributed by atoms with Gasteiger partial charge in [-0.1, -0.05) is 62.8 Å². The van der Waals surface area contributed by atoms with Gasteiger partial charge in [-0.15, -0.1) is 24.9 Å². The SMILES string of the molecule is C=CCN(C)C(=O)[C@@H]1[C@H]2C(=O)N([C@@H](CO)[C@@H](C)CC)C(C(=O)N(CC=C)c3ccc4ccccc4c3)C23CC[C@H]1S3. The summed E-state index contributed by atoms with van der Waals surface area (Å²) in [4.78, 5) is 48.2. The molecule has 3 aliphatic rings. The number of hydrogen-bond donors (Lipinski definition) is 1. The molecule has 7 atom stereocenters. The van der Waals surface area contributed by atoms with Crippen LogP contribution in [0.1, 0.15) is 33.1 Å². The van der Waals surface area contributed by atoms with Gasteiger partial charge in [-0.3, -0.25) is 14.4 Å². The lowest BCUT2D eigenvalue weighted by molar-refractivity contribution is -0.145. The second kappa shape index (κ2) is 11.6. The molecule has 218 valence electrons. The van der Waals surface area contributed by atoms with Gasteiger partial charge in [-0.2, -0.15) is 0 Å². The van der Waals surface area contributed by atoms with E-state index >= 15 is 0 Å². The highest BCUT2D eigenvalue weighted by molar-refractivity contribution is 8.02. The van der Waals surface area contributed by atoms with Crippen LogP contribution in [0, 0.1) is 17.8 Å². The minimum Gasteiger partial charge on any atom is -0.394 e. The number of anilines is 1. The molecule has 2 bridgehead atoms. The molecule has 2 aromatic carbocycles. The van der Waals surface area contributed by atoms with Crippen LogP contribution in [0.15, 0.2) is 67.8 Å². The molecular formula is C33H41N3O4S. The fourth-order valence-corrected chi connectivity index (χ4v) is 9.50. The highest BCUT2D eigenvalue weighted by atomic mass is 32.2. The summed E-state index contributed by atoms with van der Waals surface area (Å²) in [7, 11) is 1.74. The molecule has 0 radical (unpaired) electrons. The summed E-state index contributed by atoms with van der Waals surface area (Å²) in [6.45, 7) is 12.2. The fraction of sp³-hybridized carbons (Fsp3) is 0.485. The minimum atomic E-state index is -0.796. The van der Waals surface area contributed by atoms with Crippen molar-refractivity contribution in [2.45, 2.75) is 55.2 Å². The Kier molecular flexibility index (Phi) is 8.35. The van der Waals surface area contributed by atoms with E-state index < -0.39 is 28.7 Å². The molecule has 8 heteroatoms. The summed E-state index contributed by atoms with van der Waals surface area (Å²) in [5.41, 5.74) is 0.737. The van der Waals surface area contributed by atoms with Crippen molar-refractivity contribution in [2.24, 2.45) is 17.8 Å². The number of benzene rings is 2. The molecule has 2 aromatic rings. The predicted molar refractivity (Wildman–Crippen MR) is 166 cm³/mol. The molecule has 7 nitrogen and oxygen atoms in total. The molecule has 41 heavy (non-hydrogen) atoms. The summed E-state index contributed by atoms with van der Waals surface area (Å²) in [6, 6.07) is 12.6. The summed E-state index contributed by atoms with van der Waals surface area (Å²) in [5, 5.41) is 12.7. The average Bonchev–Trinajstić information content (AvgIpc) is 3.63. The number of amides is 3. The van der Waals surface area contributed by atoms with Gasteiger partial charge in [0.05, 0.1) is 29.2 Å². The molecule has 3 amide bonds. The van der Waals surface area contributed by atoms with Crippen molar-refractivity contribution in [1.82, 2.24) is 9.80 Å². The van der Waals surface area contributed by atoms with Crippen LogP contribution in [0.2, 0.25) is 0 Å². The number of likely N-dealkylation sites (N-methyl/N-ethyl adjacent to an activating group) is 1. The first kappa shape index (κ1) is 29.4. The van der Waals surface area contributed by atoms with Crippen LogP contribution in [0.3, 0.4) is 0 Å². The number of aliphatic hydroxyl groups is 1. The largest absolute Gasteiger partial charge is 0.394 e. The third-order valence-electron chi connectivity index (χ3n) is 9.50. The number of fused-ring (bicyclic) bond motifs is 2. The summed E-state index contributed by atoms with van der Waals surface area (Å²) >= 11 is 1.66. The normalized spacial score (nSPS) is 27.9. The summed E-state index contributed by atoms with van der Waals surface area (Å²) in [6.07, 6.45) is 5.59. The molecule has 3 aliphatic heterocycles. The maximum atomic E-state index is 14.9. The Labute approximate surface area is 247 Å². The molecule has 3 fully saturated rings. The second-order valence-corrected chi connectivity index (χ2v) is 13.3. The number of rotatable bonds is 11. The number of hydrogen-bond acceptors (Lipinski definition) is 5. The summed E-state index contributed by atoms with van der Waals surface area (Å²) < 4.78 is -0.731. The van der Waals surface area contributed by atoms with Crippen LogP contribution < -0.4 is 4.90 Å². The Bertz CT molecular complexity index is 1360. The first-order valence-corrected chi connectivity index (χ1v) is 15.5. The number of aliphatic hydroxyl groups excluding tert-OH is 1. The van der Waals surface area contributed by atoms with E-state index in [1.807, 2.05) is 56.3 Å². The van der Waals surface area contributed by atoms with Crippen molar-refractivity contribution in [1.29, 1.82) is 0 Å². The number of thioether (sulfide) groups is 1. The molecule has 1 spiro atoms. The molecule has 0 aliphatic carbocycles. The Morgan fingerprint density at radius 1 is 1.15 bits per heavy atom. The quantitative estimate of drug-likeness (QED) is 0.399. The van der Waals surface area contributed by atoms with Crippen molar-refractivity contribution >= 4 is 45.9 Å². The molecule has 3 heterocycles. The van der Waals surface area contributed by atoms with Gasteiger partial charge < -0.3 is 19.8 Å². The zero-order chi connectivity index (χ0) is 29.5. The fourth-order valence-electron chi connectivity index (χ4n) is 7.31. The lowest BCUT2D eigenvalue weighted by atomic mass is 9.70. The molecule has 0 aromatic heterocycles. The Morgan fingerprint density at radius 2 is 1.85 bits per heavy atom. The minimum absolute atomic E-state index is 0.0223. The second-order valence-electron chi connectivity index (χ2n) is 11.7. The number of likely N-dealkylation sites (tertiary alicyclic amines) is 1. The van der Waals surface area contributed by atoms with Gasteiger partial charge in [0, 0.05) is 31.1 Å². The Balaban J connectivity index is 1.62. The van der Waals surface area contributed by atoms with Crippen molar-refractivity contribution in [3.63, 3.8) is 0 Å². The van der Waals surface area contributed by atoms with Crippen molar-refractivity contribution in [2.75, 3.05) is 31.6 Å². The van der Waals surface area contributed by atoms with E-state index in [0.717, 1.165) is 29.3 Å². The highest BCUT2D eigenvalue weighted by Crippen LogP contribution is 2.67. The third-order valence-corrected chi connectivity index (χ3v) is 11.5. The van der Waals surface area contributed by atoms with Crippen LogP contribution in [-0.4, -0.2) is 81.5 Å². The zero-order valence-corrected chi connectivity index (χ0v) is 25.1. The van der Waals surface area contributed by atoms with Gasteiger partial charge in [-0.25, -0.2) is 0 Å². The van der Waals surface area contributed by atoms with E-state index in [-0.39, 0.29) is 42.0 Å². The van der Waals surface area contributed by atoms with Crippen LogP contribution in [-0.2, 0) is 14.4 Å². The van der Waals surface area contributed by atoms with Crippen molar-refractivity contribution in [3.05, 3.63) is 67.8 Å². The van der Waals surface area contributed by atoms with Crippen molar-refractivity contribution in [3.8, 4) is 0 Å². The van der Waals surface area contributed by atoms with Gasteiger partial charge >= 0.3 is 0 Å². The number of nitrogens with zero attached hydrogens (tertiary/aromatic N) is 3. The van der Waals surface area contributed by atoms with E-state index in [1.54, 1.807) is 45.7 Å². The first-order chi connectivity index (χ1) is 19.7. The van der Waals surface area contributed by atoms with Crippen LogP contribution in [0.25, 0.3) is 10.8 Å². The smallest absolute Gasteiger partial charge is 0.251 e. The van der Waals surface area contributed by atoms with Crippen LogP contribution >= 0.6 is 11.8 Å². The Morgan fingerprint density at radius 3 is 2.51 bits per heavy atom. The Hall–Kier alpha value is -3.10. The van der Waals surface area contributed by atoms with Gasteiger partial charge in [0.2, 0.25) is 11.8 Å². The predicted octanol–water partition coefficient (Wildman–Crippen LogP) is 4.50. The van der Waals surface area contributed by atoms with Gasteiger partial charge in [0.15, 0.2) is 0 Å². The van der Waals surface area contributed by atoms with E-state index in [0.29, 0.717) is 13.0 Å². The standard InChI is InChI=1S/C33H41N3O4S/c1-6-17-34(5)30(38)27-26-15-16-33(41-26)28(27)31(39)36(25(20-37)21(4)8-3)29(33)32(40)35(18-7-2)24-14-13-22-11-9-10-12-23(22)19-24/h6-7,9-14,19,21,25-29,37H,1-2,8,15-18,20H2,3-5H3/t21-,25-,26+,27-,28-,29?,33?/m0/s1. The van der Waals surface area contributed by atoms with Gasteiger partial charge in [0.1, 0.15) is 6.04 Å². The molecule has 0 saturated carbocycles. The van der Waals surface area contributed by atoms with Crippen molar-refractivity contribution < 1.29 is 19.5 Å². The zero-order valence-electron chi connectivity index (χ0n) is 24.2. The number of carbonyl (C=O) groups excluding carboxylic acids is 3. The number of carbonyl (C=O) groups is 3. The molecule has 5 rings (SSSR count). The van der Waals surface area contributed by atoms with E-state index in [2.05, 4.69) is 13.2 Å². The molecule has 2 unspecified atom stereocenters. The van der Waals surface area contributed by atoms with Crippen LogP contribution in [0.4, 0.5) is 5.69 Å². The van der Waals surface area contributed by atoms with Gasteiger partial charge in [-0.05, 0) is 41.7 Å². The van der Waals surface area contributed by atoms with Gasteiger partial charge in [0.25, 0.3) is 5.91 Å². The molecule has 1 N–H and O–H groups in total. The first-order valence-electron chi connectivity index (χ1n) is 14.6. The van der Waals surface area contributed by atoms with E-state index in [1.165, 1.54) is 0 Å². The van der Waals surface area contributed by atoms with E-state index in [4.69, 9.17) is 0 Å². The lowest BCUT2D eigenvalue weighted by Crippen LogP contribution is -2.58. The lowest BCUT2D eigenvalue weighted by Gasteiger charge is -2.41. The topological polar surface area (TPSA) is 81.2 Å². The van der Waals surface area contributed by atoms with E-state index in [9.17, 15) is 19.5 Å². The molecular weight excluding hydrogens is 534 g/mol. The third kappa shape index (κ3) is 4.69.